The van der Waals surface area contributed by atoms with E-state index >= 15 is 0 Å². The molecule has 1 aromatic heterocycles. The lowest BCUT2D eigenvalue weighted by molar-refractivity contribution is 0.268. The van der Waals surface area contributed by atoms with Gasteiger partial charge in [0.25, 0.3) is 0 Å². The van der Waals surface area contributed by atoms with Gasteiger partial charge in [0.15, 0.2) is 0 Å². The highest BCUT2D eigenvalue weighted by Gasteiger charge is 2.28. The van der Waals surface area contributed by atoms with E-state index in [9.17, 15) is 0 Å². The quantitative estimate of drug-likeness (QED) is 0.724. The molecule has 4 nitrogen and oxygen atoms in total. The van der Waals surface area contributed by atoms with Crippen molar-refractivity contribution in [1.29, 1.82) is 0 Å². The molecule has 4 rings (SSSR count). The number of rotatable bonds is 2. The van der Waals surface area contributed by atoms with Gasteiger partial charge < -0.3 is 9.80 Å². The zero-order valence-corrected chi connectivity index (χ0v) is 14.2. The fraction of sp³-hybridized carbons (Fsp3) is 0.300. The number of hydrogen-bond acceptors (Lipinski definition) is 4. The lowest BCUT2D eigenvalue weighted by Crippen LogP contribution is -2.47. The van der Waals surface area contributed by atoms with Gasteiger partial charge in [0, 0.05) is 25.0 Å². The summed E-state index contributed by atoms with van der Waals surface area (Å²) < 4.78 is 0. The largest absolute Gasteiger partial charge is 0.346 e. The number of hydrogen-bond donors (Lipinski definition) is 0. The first-order valence-electron chi connectivity index (χ1n) is 8.44. The van der Waals surface area contributed by atoms with Crippen LogP contribution in [0.3, 0.4) is 0 Å². The van der Waals surface area contributed by atoms with E-state index in [4.69, 9.17) is 0 Å². The smallest absolute Gasteiger partial charge is 0.140 e. The first-order chi connectivity index (χ1) is 11.7. The fourth-order valence-corrected chi connectivity index (χ4v) is 3.52. The minimum Gasteiger partial charge on any atom is -0.346 e. The summed E-state index contributed by atoms with van der Waals surface area (Å²) in [5.74, 6) is 1.05. The maximum Gasteiger partial charge on any atom is 0.140 e. The molecule has 0 aliphatic carbocycles. The Bertz CT molecular complexity index is 847. The molecule has 2 aromatic carbocycles. The van der Waals surface area contributed by atoms with E-state index in [0.29, 0.717) is 6.04 Å². The number of nitrogens with zero attached hydrogens (tertiary/aromatic N) is 4. The summed E-state index contributed by atoms with van der Waals surface area (Å²) in [6, 6.07) is 17.4. The van der Waals surface area contributed by atoms with Crippen LogP contribution in [0.25, 0.3) is 10.9 Å². The number of benzene rings is 2. The molecular weight excluding hydrogens is 296 g/mol. The fourth-order valence-electron chi connectivity index (χ4n) is 3.52. The van der Waals surface area contributed by atoms with Gasteiger partial charge in [0.05, 0.1) is 11.6 Å². The normalized spacial score (nSPS) is 18.9. The van der Waals surface area contributed by atoms with Gasteiger partial charge in [-0.2, -0.15) is 0 Å². The number of anilines is 1. The van der Waals surface area contributed by atoms with Crippen LogP contribution in [0.15, 0.2) is 54.9 Å². The van der Waals surface area contributed by atoms with Crippen LogP contribution in [0.2, 0.25) is 0 Å². The Kier molecular flexibility index (Phi) is 3.90. The van der Waals surface area contributed by atoms with Crippen LogP contribution in [0.4, 0.5) is 5.82 Å². The number of aromatic nitrogens is 2. The SMILES string of the molecule is Cc1ccc2ncnc(N3CCN(C)CC3c3ccccc3)c2c1. The monoisotopic (exact) mass is 318 g/mol. The molecule has 2 heterocycles. The zero-order valence-electron chi connectivity index (χ0n) is 14.2. The summed E-state index contributed by atoms with van der Waals surface area (Å²) in [6.45, 7) is 5.13. The molecule has 1 atom stereocenters. The number of fused-ring (bicyclic) bond motifs is 1. The Morgan fingerprint density at radius 2 is 1.83 bits per heavy atom. The molecular formula is C20H22N4. The van der Waals surface area contributed by atoms with Crippen molar-refractivity contribution in [2.75, 3.05) is 31.6 Å². The van der Waals surface area contributed by atoms with Crippen LogP contribution in [0, 0.1) is 6.92 Å². The molecule has 0 spiro atoms. The van der Waals surface area contributed by atoms with E-state index in [1.165, 1.54) is 11.1 Å². The Balaban J connectivity index is 1.83. The van der Waals surface area contributed by atoms with E-state index in [1.54, 1.807) is 6.33 Å². The Hall–Kier alpha value is -2.46. The summed E-state index contributed by atoms with van der Waals surface area (Å²) in [7, 11) is 2.19. The van der Waals surface area contributed by atoms with E-state index < -0.39 is 0 Å². The number of likely N-dealkylation sites (N-methyl/N-ethyl adjacent to an activating group) is 1. The van der Waals surface area contributed by atoms with Crippen molar-refractivity contribution in [2.24, 2.45) is 0 Å². The van der Waals surface area contributed by atoms with Crippen molar-refractivity contribution in [2.45, 2.75) is 13.0 Å². The highest BCUT2D eigenvalue weighted by Crippen LogP contribution is 2.33. The molecule has 0 radical (unpaired) electrons. The van der Waals surface area contributed by atoms with Gasteiger partial charge in [-0.15, -0.1) is 0 Å². The van der Waals surface area contributed by atoms with Crippen LogP contribution in [0.1, 0.15) is 17.2 Å². The third-order valence-electron chi connectivity index (χ3n) is 4.81. The summed E-state index contributed by atoms with van der Waals surface area (Å²) in [4.78, 5) is 13.9. The standard InChI is InChI=1S/C20H22N4/c1-15-8-9-18-17(12-15)20(22-14-21-18)24-11-10-23(2)13-19(24)16-6-4-3-5-7-16/h3-9,12,14,19H,10-11,13H2,1-2H3. The van der Waals surface area contributed by atoms with Gasteiger partial charge in [-0.05, 0) is 31.7 Å². The minimum absolute atomic E-state index is 0.309. The lowest BCUT2D eigenvalue weighted by atomic mass is 10.0. The van der Waals surface area contributed by atoms with E-state index in [2.05, 4.69) is 82.3 Å². The predicted octanol–water partition coefficient (Wildman–Crippen LogP) is 3.43. The first-order valence-corrected chi connectivity index (χ1v) is 8.44. The van der Waals surface area contributed by atoms with Crippen LogP contribution in [-0.4, -0.2) is 41.5 Å². The van der Waals surface area contributed by atoms with Crippen LogP contribution in [-0.2, 0) is 0 Å². The van der Waals surface area contributed by atoms with Crippen molar-refractivity contribution in [1.82, 2.24) is 14.9 Å². The van der Waals surface area contributed by atoms with Crippen molar-refractivity contribution in [3.05, 3.63) is 66.0 Å². The lowest BCUT2D eigenvalue weighted by Gasteiger charge is -2.41. The van der Waals surface area contributed by atoms with Gasteiger partial charge in [-0.3, -0.25) is 0 Å². The second-order valence-electron chi connectivity index (χ2n) is 6.60. The second kappa shape index (κ2) is 6.21. The molecule has 0 bridgehead atoms. The van der Waals surface area contributed by atoms with E-state index in [0.717, 1.165) is 36.4 Å². The third-order valence-corrected chi connectivity index (χ3v) is 4.81. The van der Waals surface area contributed by atoms with Crippen LogP contribution < -0.4 is 4.90 Å². The summed E-state index contributed by atoms with van der Waals surface area (Å²) in [6.07, 6.45) is 1.69. The molecule has 1 unspecified atom stereocenters. The number of piperazine rings is 1. The van der Waals surface area contributed by atoms with Gasteiger partial charge in [0.2, 0.25) is 0 Å². The average Bonchev–Trinajstić information content (AvgIpc) is 2.62. The molecule has 1 fully saturated rings. The molecule has 1 aliphatic rings. The maximum absolute atomic E-state index is 4.67. The highest BCUT2D eigenvalue weighted by molar-refractivity contribution is 5.90. The summed E-state index contributed by atoms with van der Waals surface area (Å²) in [5, 5.41) is 1.14. The number of aryl methyl sites for hydroxylation is 1. The van der Waals surface area contributed by atoms with Crippen molar-refractivity contribution in [3.8, 4) is 0 Å². The average molecular weight is 318 g/mol. The predicted molar refractivity (Wildman–Crippen MR) is 98.3 cm³/mol. The second-order valence-corrected chi connectivity index (χ2v) is 6.60. The topological polar surface area (TPSA) is 32.3 Å². The van der Waals surface area contributed by atoms with Gasteiger partial charge >= 0.3 is 0 Å². The summed E-state index contributed by atoms with van der Waals surface area (Å²) >= 11 is 0. The Morgan fingerprint density at radius 1 is 1.00 bits per heavy atom. The van der Waals surface area contributed by atoms with Crippen LogP contribution >= 0.6 is 0 Å². The molecule has 0 saturated carbocycles. The van der Waals surface area contributed by atoms with E-state index in [-0.39, 0.29) is 0 Å². The summed E-state index contributed by atoms with van der Waals surface area (Å²) in [5.41, 5.74) is 3.59. The maximum atomic E-state index is 4.67. The molecule has 1 aliphatic heterocycles. The van der Waals surface area contributed by atoms with Crippen molar-refractivity contribution >= 4 is 16.7 Å². The molecule has 0 amide bonds. The Labute approximate surface area is 142 Å². The van der Waals surface area contributed by atoms with E-state index in [1.807, 2.05) is 0 Å². The Morgan fingerprint density at radius 3 is 2.67 bits per heavy atom. The van der Waals surface area contributed by atoms with Crippen molar-refractivity contribution < 1.29 is 0 Å². The van der Waals surface area contributed by atoms with Gasteiger partial charge in [-0.1, -0.05) is 42.0 Å². The molecule has 1 saturated heterocycles. The molecule has 24 heavy (non-hydrogen) atoms. The molecule has 122 valence electrons. The van der Waals surface area contributed by atoms with Gasteiger partial charge in [0.1, 0.15) is 12.1 Å². The van der Waals surface area contributed by atoms with Crippen LogP contribution in [0.5, 0.6) is 0 Å². The van der Waals surface area contributed by atoms with Gasteiger partial charge in [-0.25, -0.2) is 9.97 Å². The molecule has 4 heteroatoms. The third kappa shape index (κ3) is 2.74. The first kappa shape index (κ1) is 15.1. The molecule has 0 N–H and O–H groups in total. The zero-order chi connectivity index (χ0) is 16.5. The molecule has 3 aromatic rings. The van der Waals surface area contributed by atoms with Crippen molar-refractivity contribution in [3.63, 3.8) is 0 Å². The highest BCUT2D eigenvalue weighted by atomic mass is 15.3. The minimum atomic E-state index is 0.309.